The maximum atomic E-state index is 10.1. The van der Waals surface area contributed by atoms with Crippen LogP contribution >= 0.6 is 0 Å². The molecule has 12 heavy (non-hydrogen) atoms. The van der Waals surface area contributed by atoms with Crippen LogP contribution in [-0.2, 0) is 4.79 Å². The van der Waals surface area contributed by atoms with E-state index < -0.39 is 0 Å². The number of unbranched alkanes of at least 4 members (excludes halogenated alkanes) is 2. The zero-order chi connectivity index (χ0) is 8.81. The van der Waals surface area contributed by atoms with Crippen molar-refractivity contribution >= 4 is 6.29 Å². The molecule has 1 fully saturated rings. The SMILES string of the molecule is CCCCC[C@@H]1C[C@H]1CCC=O. The molecule has 0 radical (unpaired) electrons. The minimum Gasteiger partial charge on any atom is -0.303 e. The molecule has 1 heteroatoms. The minimum absolute atomic E-state index is 0.787. The third-order valence-electron chi connectivity index (χ3n) is 2.90. The maximum absolute atomic E-state index is 10.1. The van der Waals surface area contributed by atoms with Crippen LogP contribution in [0.2, 0.25) is 0 Å². The number of aldehydes is 1. The molecule has 1 aliphatic rings. The second-order valence-corrected chi connectivity index (χ2v) is 4.00. The smallest absolute Gasteiger partial charge is 0.120 e. The van der Waals surface area contributed by atoms with Gasteiger partial charge in [0.05, 0.1) is 0 Å². The number of hydrogen-bond donors (Lipinski definition) is 0. The minimum atomic E-state index is 0.787. The summed E-state index contributed by atoms with van der Waals surface area (Å²) in [6.07, 6.45) is 9.92. The van der Waals surface area contributed by atoms with E-state index in [-0.39, 0.29) is 0 Å². The van der Waals surface area contributed by atoms with Gasteiger partial charge >= 0.3 is 0 Å². The van der Waals surface area contributed by atoms with Gasteiger partial charge in [0.25, 0.3) is 0 Å². The summed E-state index contributed by atoms with van der Waals surface area (Å²) in [6.45, 7) is 2.25. The quantitative estimate of drug-likeness (QED) is 0.421. The lowest BCUT2D eigenvalue weighted by atomic mass is 10.1. The van der Waals surface area contributed by atoms with Crippen molar-refractivity contribution in [2.75, 3.05) is 0 Å². The molecule has 2 atom stereocenters. The van der Waals surface area contributed by atoms with E-state index in [1.54, 1.807) is 0 Å². The highest BCUT2D eigenvalue weighted by atomic mass is 16.1. The number of carbonyl (C=O) groups excluding carboxylic acids is 1. The van der Waals surface area contributed by atoms with Crippen molar-refractivity contribution < 1.29 is 4.79 Å². The highest BCUT2D eigenvalue weighted by Crippen LogP contribution is 2.45. The average molecular weight is 168 g/mol. The molecule has 1 nitrogen and oxygen atoms in total. The lowest BCUT2D eigenvalue weighted by Crippen LogP contribution is -1.85. The summed E-state index contributed by atoms with van der Waals surface area (Å²) in [6, 6.07) is 0. The summed E-state index contributed by atoms with van der Waals surface area (Å²) in [4.78, 5) is 10.1. The number of rotatable bonds is 7. The molecule has 1 saturated carbocycles. The average Bonchev–Trinajstić information content (AvgIpc) is 2.81. The van der Waals surface area contributed by atoms with Crippen LogP contribution in [0.1, 0.15) is 51.9 Å². The van der Waals surface area contributed by atoms with Crippen molar-refractivity contribution in [3.8, 4) is 0 Å². The molecule has 0 bridgehead atoms. The van der Waals surface area contributed by atoms with Crippen molar-refractivity contribution in [2.24, 2.45) is 11.8 Å². The van der Waals surface area contributed by atoms with Crippen LogP contribution in [0.4, 0.5) is 0 Å². The fourth-order valence-corrected chi connectivity index (χ4v) is 1.96. The summed E-state index contributed by atoms with van der Waals surface area (Å²) in [5, 5.41) is 0. The number of hydrogen-bond acceptors (Lipinski definition) is 1. The van der Waals surface area contributed by atoms with Crippen LogP contribution in [0, 0.1) is 11.8 Å². The fraction of sp³-hybridized carbons (Fsp3) is 0.909. The third kappa shape index (κ3) is 3.38. The Morgan fingerprint density at radius 2 is 2.00 bits per heavy atom. The molecule has 0 aromatic rings. The van der Waals surface area contributed by atoms with Crippen molar-refractivity contribution in [3.63, 3.8) is 0 Å². The van der Waals surface area contributed by atoms with Crippen LogP contribution in [0.15, 0.2) is 0 Å². The molecule has 0 N–H and O–H groups in total. The first-order valence-corrected chi connectivity index (χ1v) is 5.32. The van der Waals surface area contributed by atoms with Gasteiger partial charge in [-0.1, -0.05) is 32.6 Å². The topological polar surface area (TPSA) is 17.1 Å². The van der Waals surface area contributed by atoms with Crippen LogP contribution in [0.5, 0.6) is 0 Å². The van der Waals surface area contributed by atoms with Crippen LogP contribution < -0.4 is 0 Å². The van der Waals surface area contributed by atoms with Gasteiger partial charge < -0.3 is 4.79 Å². The van der Waals surface area contributed by atoms with Gasteiger partial charge in [-0.05, 0) is 24.7 Å². The van der Waals surface area contributed by atoms with Gasteiger partial charge in [-0.25, -0.2) is 0 Å². The molecule has 70 valence electrons. The van der Waals surface area contributed by atoms with E-state index in [1.165, 1.54) is 32.1 Å². The Bertz CT molecular complexity index is 131. The Labute approximate surface area is 75.5 Å². The van der Waals surface area contributed by atoms with Crippen LogP contribution in [-0.4, -0.2) is 6.29 Å². The molecule has 0 aromatic carbocycles. The summed E-state index contributed by atoms with van der Waals surface area (Å²) in [5.74, 6) is 1.89. The monoisotopic (exact) mass is 168 g/mol. The van der Waals surface area contributed by atoms with Gasteiger partial charge in [0.15, 0.2) is 0 Å². The molecule has 0 spiro atoms. The van der Waals surface area contributed by atoms with E-state index in [2.05, 4.69) is 6.92 Å². The van der Waals surface area contributed by atoms with Crippen molar-refractivity contribution in [1.82, 2.24) is 0 Å². The largest absolute Gasteiger partial charge is 0.303 e. The first kappa shape index (κ1) is 9.76. The van der Waals surface area contributed by atoms with E-state index in [0.29, 0.717) is 0 Å². The van der Waals surface area contributed by atoms with Gasteiger partial charge in [0.1, 0.15) is 6.29 Å². The first-order chi connectivity index (χ1) is 5.88. The van der Waals surface area contributed by atoms with Gasteiger partial charge in [-0.2, -0.15) is 0 Å². The summed E-state index contributed by atoms with van der Waals surface area (Å²) < 4.78 is 0. The Balaban J connectivity index is 1.89. The second kappa shape index (κ2) is 5.34. The van der Waals surface area contributed by atoms with Gasteiger partial charge in [-0.3, -0.25) is 0 Å². The molecule has 1 aliphatic carbocycles. The Morgan fingerprint density at radius 1 is 1.25 bits per heavy atom. The molecule has 0 amide bonds. The van der Waals surface area contributed by atoms with Gasteiger partial charge in [-0.15, -0.1) is 0 Å². The zero-order valence-corrected chi connectivity index (χ0v) is 8.09. The van der Waals surface area contributed by atoms with Crippen molar-refractivity contribution in [3.05, 3.63) is 0 Å². The molecular formula is C11H20O. The molecule has 0 saturated heterocycles. The molecule has 1 rings (SSSR count). The van der Waals surface area contributed by atoms with Crippen LogP contribution in [0.3, 0.4) is 0 Å². The van der Waals surface area contributed by atoms with Crippen LogP contribution in [0.25, 0.3) is 0 Å². The molecule has 0 heterocycles. The zero-order valence-electron chi connectivity index (χ0n) is 8.09. The Kier molecular flexibility index (Phi) is 4.34. The summed E-state index contributed by atoms with van der Waals surface area (Å²) in [5.41, 5.74) is 0. The van der Waals surface area contributed by atoms with E-state index in [0.717, 1.165) is 31.0 Å². The predicted octanol–water partition coefficient (Wildman–Crippen LogP) is 3.18. The van der Waals surface area contributed by atoms with E-state index >= 15 is 0 Å². The molecule has 0 aliphatic heterocycles. The maximum Gasteiger partial charge on any atom is 0.120 e. The van der Waals surface area contributed by atoms with Crippen molar-refractivity contribution in [2.45, 2.75) is 51.9 Å². The molecule has 0 aromatic heterocycles. The third-order valence-corrected chi connectivity index (χ3v) is 2.90. The Hall–Kier alpha value is -0.330. The standard InChI is InChI=1S/C11H20O/c1-2-3-4-6-10-9-11(10)7-5-8-12/h8,10-11H,2-7,9H2,1H3/t10-,11-/m1/s1. The number of carbonyl (C=O) groups is 1. The summed E-state index contributed by atoms with van der Waals surface area (Å²) >= 11 is 0. The predicted molar refractivity (Wildman–Crippen MR) is 51.0 cm³/mol. The van der Waals surface area contributed by atoms with Crippen molar-refractivity contribution in [1.29, 1.82) is 0 Å². The lowest BCUT2D eigenvalue weighted by Gasteiger charge is -1.97. The normalized spacial score (nSPS) is 27.1. The van der Waals surface area contributed by atoms with E-state index in [9.17, 15) is 4.79 Å². The summed E-state index contributed by atoms with van der Waals surface area (Å²) in [7, 11) is 0. The fourth-order valence-electron chi connectivity index (χ4n) is 1.96. The highest BCUT2D eigenvalue weighted by molar-refractivity contribution is 5.49. The molecule has 0 unspecified atom stereocenters. The van der Waals surface area contributed by atoms with Gasteiger partial charge in [0, 0.05) is 6.42 Å². The molecular weight excluding hydrogens is 148 g/mol. The van der Waals surface area contributed by atoms with E-state index in [1.807, 2.05) is 0 Å². The first-order valence-electron chi connectivity index (χ1n) is 5.32. The second-order valence-electron chi connectivity index (χ2n) is 4.00. The Morgan fingerprint density at radius 3 is 2.67 bits per heavy atom. The lowest BCUT2D eigenvalue weighted by molar-refractivity contribution is -0.108. The highest BCUT2D eigenvalue weighted by Gasteiger charge is 2.34. The van der Waals surface area contributed by atoms with Gasteiger partial charge in [0.2, 0.25) is 0 Å². The van der Waals surface area contributed by atoms with E-state index in [4.69, 9.17) is 0 Å².